The lowest BCUT2D eigenvalue weighted by molar-refractivity contribution is -0.0285. The van der Waals surface area contributed by atoms with Crippen LogP contribution in [0.25, 0.3) is 0 Å². The van der Waals surface area contributed by atoms with E-state index in [1.807, 2.05) is 6.54 Å². The van der Waals surface area contributed by atoms with Crippen LogP contribution in [0.5, 0.6) is 0 Å². The molecule has 0 aromatic rings. The van der Waals surface area contributed by atoms with Gasteiger partial charge in [-0.3, -0.25) is 0 Å². The SMILES string of the molecule is [CH]1NCC12CC=NO2. The standard InChI is InChI=1S/C5H7N2O/c1-2-7-8-5(1)3-6-4-5/h2-3,6H,1,4H2. The predicted molar refractivity (Wildman–Crippen MR) is 29.2 cm³/mol. The first-order valence-corrected chi connectivity index (χ1v) is 2.69. The van der Waals surface area contributed by atoms with E-state index in [-0.39, 0.29) is 5.60 Å². The molecule has 0 amide bonds. The van der Waals surface area contributed by atoms with E-state index in [9.17, 15) is 0 Å². The summed E-state index contributed by atoms with van der Waals surface area (Å²) in [7, 11) is 0. The minimum Gasteiger partial charge on any atom is -0.386 e. The third-order valence-corrected chi connectivity index (χ3v) is 1.51. The lowest BCUT2D eigenvalue weighted by Crippen LogP contribution is -2.54. The largest absolute Gasteiger partial charge is 0.386 e. The van der Waals surface area contributed by atoms with Gasteiger partial charge in [0.15, 0.2) is 5.60 Å². The molecule has 2 rings (SSSR count). The fraction of sp³-hybridized carbons (Fsp3) is 0.600. The van der Waals surface area contributed by atoms with Crippen molar-refractivity contribution in [3.8, 4) is 0 Å². The Bertz CT molecular complexity index is 118. The first-order chi connectivity index (χ1) is 3.91. The first kappa shape index (κ1) is 4.32. The molecule has 1 atom stereocenters. The van der Waals surface area contributed by atoms with Crippen molar-refractivity contribution in [3.63, 3.8) is 0 Å². The maximum atomic E-state index is 5.03. The predicted octanol–water partition coefficient (Wildman–Crippen LogP) is -0.104. The number of hydrogen-bond donors (Lipinski definition) is 1. The molecule has 2 heterocycles. The molecule has 0 aromatic heterocycles. The number of nitrogens with zero attached hydrogens (tertiary/aromatic N) is 1. The summed E-state index contributed by atoms with van der Waals surface area (Å²) in [6.45, 7) is 2.85. The van der Waals surface area contributed by atoms with Crippen LogP contribution < -0.4 is 5.32 Å². The van der Waals surface area contributed by atoms with Crippen molar-refractivity contribution >= 4 is 6.21 Å². The highest BCUT2D eigenvalue weighted by atomic mass is 16.7. The maximum Gasteiger partial charge on any atom is 0.171 e. The van der Waals surface area contributed by atoms with Gasteiger partial charge in [0, 0.05) is 19.2 Å². The fourth-order valence-electron chi connectivity index (χ4n) is 0.891. The summed E-state index contributed by atoms with van der Waals surface area (Å²) >= 11 is 0. The minimum atomic E-state index is -0.0417. The molecule has 3 nitrogen and oxygen atoms in total. The summed E-state index contributed by atoms with van der Waals surface area (Å²) in [5.41, 5.74) is -0.0417. The molecule has 0 aliphatic carbocycles. The summed E-state index contributed by atoms with van der Waals surface area (Å²) in [5, 5.41) is 6.68. The van der Waals surface area contributed by atoms with Crippen molar-refractivity contribution in [1.82, 2.24) is 5.32 Å². The van der Waals surface area contributed by atoms with E-state index in [2.05, 4.69) is 10.5 Å². The molecule has 1 fully saturated rings. The van der Waals surface area contributed by atoms with Gasteiger partial charge in [-0.15, -0.1) is 0 Å². The van der Waals surface area contributed by atoms with Crippen molar-refractivity contribution in [1.29, 1.82) is 0 Å². The molecular formula is C5H7N2O. The number of hydrogen-bond acceptors (Lipinski definition) is 3. The van der Waals surface area contributed by atoms with Crippen LogP contribution in [0.3, 0.4) is 0 Å². The van der Waals surface area contributed by atoms with Crippen LogP contribution in [0, 0.1) is 6.54 Å². The third-order valence-electron chi connectivity index (χ3n) is 1.51. The zero-order chi connectivity index (χ0) is 5.45. The average molecular weight is 111 g/mol. The zero-order valence-electron chi connectivity index (χ0n) is 4.42. The topological polar surface area (TPSA) is 33.6 Å². The second kappa shape index (κ2) is 1.23. The van der Waals surface area contributed by atoms with Crippen LogP contribution in [0.4, 0.5) is 0 Å². The molecule has 1 unspecified atom stereocenters. The van der Waals surface area contributed by atoms with Gasteiger partial charge in [0.25, 0.3) is 0 Å². The smallest absolute Gasteiger partial charge is 0.171 e. The van der Waals surface area contributed by atoms with E-state index in [4.69, 9.17) is 4.84 Å². The molecule has 1 saturated heterocycles. The normalized spacial score (nSPS) is 30.0. The van der Waals surface area contributed by atoms with Crippen molar-refractivity contribution in [2.24, 2.45) is 5.16 Å². The molecule has 2 aliphatic rings. The second-order valence-corrected chi connectivity index (χ2v) is 2.17. The third kappa shape index (κ3) is 0.395. The highest BCUT2D eigenvalue weighted by Gasteiger charge is 2.42. The molecule has 43 valence electrons. The number of oxime groups is 1. The molecule has 8 heavy (non-hydrogen) atoms. The van der Waals surface area contributed by atoms with E-state index in [1.54, 1.807) is 6.21 Å². The van der Waals surface area contributed by atoms with Gasteiger partial charge in [-0.1, -0.05) is 5.16 Å². The number of rotatable bonds is 0. The molecule has 1 radical (unpaired) electrons. The van der Waals surface area contributed by atoms with Crippen LogP contribution in [-0.2, 0) is 4.84 Å². The zero-order valence-corrected chi connectivity index (χ0v) is 4.42. The Labute approximate surface area is 47.7 Å². The average Bonchev–Trinajstić information content (AvgIpc) is 2.07. The number of nitrogens with one attached hydrogen (secondary N) is 1. The summed E-state index contributed by atoms with van der Waals surface area (Å²) < 4.78 is 0. The summed E-state index contributed by atoms with van der Waals surface area (Å²) in [6.07, 6.45) is 2.73. The lowest BCUT2D eigenvalue weighted by Gasteiger charge is -2.34. The highest BCUT2D eigenvalue weighted by molar-refractivity contribution is 5.61. The van der Waals surface area contributed by atoms with Crippen LogP contribution in [0.2, 0.25) is 0 Å². The monoisotopic (exact) mass is 111 g/mol. The van der Waals surface area contributed by atoms with Gasteiger partial charge in [-0.25, -0.2) is 0 Å². The van der Waals surface area contributed by atoms with Gasteiger partial charge in [0.2, 0.25) is 0 Å². The molecule has 0 saturated carbocycles. The van der Waals surface area contributed by atoms with Crippen molar-refractivity contribution in [3.05, 3.63) is 6.54 Å². The van der Waals surface area contributed by atoms with E-state index in [0.717, 1.165) is 13.0 Å². The van der Waals surface area contributed by atoms with Gasteiger partial charge in [-0.2, -0.15) is 0 Å². The molecular weight excluding hydrogens is 104 g/mol. The highest BCUT2D eigenvalue weighted by Crippen LogP contribution is 2.27. The van der Waals surface area contributed by atoms with E-state index >= 15 is 0 Å². The van der Waals surface area contributed by atoms with Crippen molar-refractivity contribution < 1.29 is 4.84 Å². The van der Waals surface area contributed by atoms with Crippen LogP contribution in [0.1, 0.15) is 6.42 Å². The van der Waals surface area contributed by atoms with Gasteiger partial charge < -0.3 is 10.2 Å². The van der Waals surface area contributed by atoms with Crippen molar-refractivity contribution in [2.75, 3.05) is 6.54 Å². The van der Waals surface area contributed by atoms with E-state index in [1.165, 1.54) is 0 Å². The minimum absolute atomic E-state index is 0.0417. The van der Waals surface area contributed by atoms with Gasteiger partial charge in [0.1, 0.15) is 0 Å². The molecule has 0 aromatic carbocycles. The van der Waals surface area contributed by atoms with Gasteiger partial charge in [0.05, 0.1) is 6.54 Å². The molecule has 3 heteroatoms. The first-order valence-electron chi connectivity index (χ1n) is 2.69. The van der Waals surface area contributed by atoms with Crippen LogP contribution in [0.15, 0.2) is 5.16 Å². The molecule has 1 N–H and O–H groups in total. The van der Waals surface area contributed by atoms with Crippen LogP contribution in [-0.4, -0.2) is 18.4 Å². The Morgan fingerprint density at radius 1 is 1.75 bits per heavy atom. The quantitative estimate of drug-likeness (QED) is 0.473. The van der Waals surface area contributed by atoms with Crippen LogP contribution >= 0.6 is 0 Å². The maximum absolute atomic E-state index is 5.03. The Morgan fingerprint density at radius 2 is 2.62 bits per heavy atom. The Balaban J connectivity index is 2.06. The van der Waals surface area contributed by atoms with E-state index in [0.29, 0.717) is 0 Å². The fourth-order valence-corrected chi connectivity index (χ4v) is 0.891. The van der Waals surface area contributed by atoms with Gasteiger partial charge in [-0.05, 0) is 0 Å². The van der Waals surface area contributed by atoms with Gasteiger partial charge >= 0.3 is 0 Å². The molecule has 0 bridgehead atoms. The molecule has 2 aliphatic heterocycles. The summed E-state index contributed by atoms with van der Waals surface area (Å²) in [5.74, 6) is 0. The van der Waals surface area contributed by atoms with Crippen molar-refractivity contribution in [2.45, 2.75) is 12.0 Å². The Kier molecular flexibility index (Phi) is 0.663. The Morgan fingerprint density at radius 3 is 2.88 bits per heavy atom. The summed E-state index contributed by atoms with van der Waals surface area (Å²) in [4.78, 5) is 5.03. The Hall–Kier alpha value is -0.570. The molecule has 1 spiro atoms. The van der Waals surface area contributed by atoms with E-state index < -0.39 is 0 Å². The second-order valence-electron chi connectivity index (χ2n) is 2.17. The summed E-state index contributed by atoms with van der Waals surface area (Å²) in [6, 6.07) is 0. The lowest BCUT2D eigenvalue weighted by atomic mass is 9.95.